The molecular weight excluding hydrogens is 274 g/mol. The summed E-state index contributed by atoms with van der Waals surface area (Å²) < 4.78 is 5.40. The van der Waals surface area contributed by atoms with E-state index in [-0.39, 0.29) is 17.0 Å². The van der Waals surface area contributed by atoms with Crippen molar-refractivity contribution in [2.75, 3.05) is 0 Å². The molecule has 1 aliphatic heterocycles. The predicted molar refractivity (Wildman–Crippen MR) is 74.5 cm³/mol. The van der Waals surface area contributed by atoms with Gasteiger partial charge in [-0.15, -0.1) is 0 Å². The normalized spacial score (nSPS) is 23.5. The van der Waals surface area contributed by atoms with Crippen LogP contribution in [0, 0.1) is 20.9 Å². The summed E-state index contributed by atoms with van der Waals surface area (Å²) in [5.74, 6) is -0.940. The quantitative estimate of drug-likeness (QED) is 0.362. The lowest BCUT2D eigenvalue weighted by Gasteiger charge is -2.42. The van der Waals surface area contributed by atoms with E-state index in [1.54, 1.807) is 19.9 Å². The number of para-hydroxylation sites is 1. The van der Waals surface area contributed by atoms with E-state index in [0.717, 1.165) is 0 Å². The van der Waals surface area contributed by atoms with Gasteiger partial charge in [-0.3, -0.25) is 19.7 Å². The number of esters is 1. The molecule has 1 aromatic rings. The van der Waals surface area contributed by atoms with E-state index in [0.29, 0.717) is 0 Å². The van der Waals surface area contributed by atoms with Crippen LogP contribution < -0.4 is 0 Å². The van der Waals surface area contributed by atoms with Crippen molar-refractivity contribution in [1.29, 1.82) is 0 Å². The van der Waals surface area contributed by atoms with Crippen LogP contribution in [0.4, 0.5) is 5.69 Å². The van der Waals surface area contributed by atoms with E-state index in [9.17, 15) is 19.7 Å². The maximum Gasteiger partial charge on any atom is 0.319 e. The standard InChI is InChI=1S/C15H17NO5/c1-14(2)11(21-13(18)15(3,4)12(14)17)9-7-5-6-8-10(9)16(19)20/h5-8,11H,1-4H3/t11-/m0/s1. The van der Waals surface area contributed by atoms with Crippen LogP contribution in [0.25, 0.3) is 0 Å². The highest BCUT2D eigenvalue weighted by molar-refractivity contribution is 6.07. The fraction of sp³-hybridized carbons (Fsp3) is 0.467. The summed E-state index contributed by atoms with van der Waals surface area (Å²) in [5, 5.41) is 11.1. The van der Waals surface area contributed by atoms with Gasteiger partial charge in [-0.05, 0) is 33.8 Å². The van der Waals surface area contributed by atoms with E-state index in [2.05, 4.69) is 0 Å². The van der Waals surface area contributed by atoms with E-state index in [1.165, 1.54) is 32.0 Å². The lowest BCUT2D eigenvalue weighted by Crippen LogP contribution is -2.52. The third-order valence-electron chi connectivity index (χ3n) is 3.96. The number of cyclic esters (lactones) is 1. The Morgan fingerprint density at radius 2 is 1.71 bits per heavy atom. The lowest BCUT2D eigenvalue weighted by atomic mass is 9.67. The van der Waals surface area contributed by atoms with Crippen LogP contribution in [-0.2, 0) is 14.3 Å². The van der Waals surface area contributed by atoms with Crippen molar-refractivity contribution in [3.05, 3.63) is 39.9 Å². The summed E-state index contributed by atoms with van der Waals surface area (Å²) in [7, 11) is 0. The van der Waals surface area contributed by atoms with Gasteiger partial charge >= 0.3 is 5.97 Å². The monoisotopic (exact) mass is 291 g/mol. The zero-order valence-corrected chi connectivity index (χ0v) is 12.4. The summed E-state index contributed by atoms with van der Waals surface area (Å²) in [6, 6.07) is 6.01. The van der Waals surface area contributed by atoms with E-state index in [4.69, 9.17) is 4.74 Å². The van der Waals surface area contributed by atoms with E-state index >= 15 is 0 Å². The highest BCUT2D eigenvalue weighted by Crippen LogP contribution is 2.49. The molecule has 1 atom stereocenters. The molecule has 21 heavy (non-hydrogen) atoms. The fourth-order valence-corrected chi connectivity index (χ4v) is 2.75. The summed E-state index contributed by atoms with van der Waals surface area (Å²) in [6.45, 7) is 6.31. The van der Waals surface area contributed by atoms with Crippen molar-refractivity contribution in [3.8, 4) is 0 Å². The number of benzene rings is 1. The Morgan fingerprint density at radius 3 is 2.29 bits per heavy atom. The smallest absolute Gasteiger partial charge is 0.319 e. The number of nitro groups is 1. The molecule has 0 radical (unpaired) electrons. The topological polar surface area (TPSA) is 86.5 Å². The first-order chi connectivity index (χ1) is 9.60. The zero-order valence-electron chi connectivity index (χ0n) is 12.4. The number of ether oxygens (including phenoxy) is 1. The Labute approximate surface area is 122 Å². The molecule has 1 saturated heterocycles. The SMILES string of the molecule is CC1(C)C(=O)O[C@@H](c2ccccc2[N+](=O)[O-])C(C)(C)C1=O. The molecule has 1 aromatic carbocycles. The molecule has 112 valence electrons. The van der Waals surface area contributed by atoms with Crippen molar-refractivity contribution < 1.29 is 19.2 Å². The fourth-order valence-electron chi connectivity index (χ4n) is 2.75. The van der Waals surface area contributed by atoms with Gasteiger partial charge in [0.2, 0.25) is 0 Å². The van der Waals surface area contributed by atoms with E-state index < -0.39 is 27.8 Å². The Bertz CT molecular complexity index is 633. The number of nitro benzene ring substituents is 1. The number of carbonyl (C=O) groups excluding carboxylic acids is 2. The summed E-state index contributed by atoms with van der Waals surface area (Å²) >= 11 is 0. The molecule has 0 saturated carbocycles. The minimum atomic E-state index is -1.25. The molecular formula is C15H17NO5. The first kappa shape index (κ1) is 15.2. The molecule has 1 aliphatic rings. The van der Waals surface area contributed by atoms with Crippen LogP contribution in [0.2, 0.25) is 0 Å². The number of hydrogen-bond acceptors (Lipinski definition) is 5. The van der Waals surface area contributed by atoms with Crippen LogP contribution in [0.3, 0.4) is 0 Å². The number of rotatable bonds is 2. The molecule has 2 rings (SSSR count). The molecule has 0 bridgehead atoms. The molecule has 1 heterocycles. The average molecular weight is 291 g/mol. The minimum Gasteiger partial charge on any atom is -0.455 e. The van der Waals surface area contributed by atoms with Gasteiger partial charge in [-0.1, -0.05) is 12.1 Å². The van der Waals surface area contributed by atoms with Gasteiger partial charge in [0.15, 0.2) is 5.78 Å². The second-order valence-corrected chi connectivity index (χ2v) is 6.28. The highest BCUT2D eigenvalue weighted by atomic mass is 16.6. The van der Waals surface area contributed by atoms with Crippen molar-refractivity contribution in [1.82, 2.24) is 0 Å². The maximum atomic E-state index is 12.6. The second kappa shape index (κ2) is 4.65. The van der Waals surface area contributed by atoms with E-state index in [1.807, 2.05) is 0 Å². The number of ketones is 1. The van der Waals surface area contributed by atoms with Gasteiger partial charge in [-0.25, -0.2) is 0 Å². The molecule has 0 N–H and O–H groups in total. The predicted octanol–water partition coefficient (Wildman–Crippen LogP) is 2.81. The molecule has 6 heteroatoms. The zero-order chi connectivity index (χ0) is 16.0. The van der Waals surface area contributed by atoms with Crippen molar-refractivity contribution in [2.24, 2.45) is 10.8 Å². The third-order valence-corrected chi connectivity index (χ3v) is 3.96. The van der Waals surface area contributed by atoms with Crippen molar-refractivity contribution >= 4 is 17.4 Å². The number of hydrogen-bond donors (Lipinski definition) is 0. The van der Waals surface area contributed by atoms with Crippen LogP contribution in [-0.4, -0.2) is 16.7 Å². The Balaban J connectivity index is 2.58. The Morgan fingerprint density at radius 1 is 1.14 bits per heavy atom. The minimum absolute atomic E-state index is 0.157. The van der Waals surface area contributed by atoms with Crippen LogP contribution in [0.1, 0.15) is 39.4 Å². The van der Waals surface area contributed by atoms with Crippen molar-refractivity contribution in [2.45, 2.75) is 33.8 Å². The lowest BCUT2D eigenvalue weighted by molar-refractivity contribution is -0.386. The van der Waals surface area contributed by atoms with Gasteiger partial charge in [0.1, 0.15) is 11.5 Å². The first-order valence-electron chi connectivity index (χ1n) is 6.59. The van der Waals surface area contributed by atoms with Gasteiger partial charge in [0.25, 0.3) is 5.69 Å². The average Bonchev–Trinajstić information content (AvgIpc) is 2.41. The summed E-state index contributed by atoms with van der Waals surface area (Å²) in [5.41, 5.74) is -2.20. The second-order valence-electron chi connectivity index (χ2n) is 6.28. The molecule has 0 spiro atoms. The number of nitrogens with zero attached hydrogens (tertiary/aromatic N) is 1. The molecule has 0 aliphatic carbocycles. The Kier molecular flexibility index (Phi) is 3.35. The van der Waals surface area contributed by atoms with Crippen LogP contribution >= 0.6 is 0 Å². The largest absolute Gasteiger partial charge is 0.455 e. The maximum absolute atomic E-state index is 12.6. The molecule has 0 aromatic heterocycles. The van der Waals surface area contributed by atoms with Crippen LogP contribution in [0.5, 0.6) is 0 Å². The summed E-state index contributed by atoms with van der Waals surface area (Å²) in [6.07, 6.45) is -0.966. The van der Waals surface area contributed by atoms with Gasteiger partial charge in [0.05, 0.1) is 15.9 Å². The number of carbonyl (C=O) groups is 2. The van der Waals surface area contributed by atoms with Gasteiger partial charge in [-0.2, -0.15) is 0 Å². The molecule has 6 nitrogen and oxygen atoms in total. The first-order valence-corrected chi connectivity index (χ1v) is 6.59. The summed E-state index contributed by atoms with van der Waals surface area (Å²) in [4.78, 5) is 35.2. The van der Waals surface area contributed by atoms with Crippen molar-refractivity contribution in [3.63, 3.8) is 0 Å². The highest BCUT2D eigenvalue weighted by Gasteiger charge is 2.56. The van der Waals surface area contributed by atoms with Gasteiger partial charge in [0, 0.05) is 6.07 Å². The third kappa shape index (κ3) is 2.20. The molecule has 1 fully saturated rings. The van der Waals surface area contributed by atoms with Crippen LogP contribution in [0.15, 0.2) is 24.3 Å². The Hall–Kier alpha value is -2.24. The molecule has 0 amide bonds. The number of Topliss-reactive ketones (excluding diaryl/α,β-unsaturated/α-hetero) is 1. The van der Waals surface area contributed by atoms with Gasteiger partial charge < -0.3 is 4.74 Å². The molecule has 0 unspecified atom stereocenters.